The van der Waals surface area contributed by atoms with Crippen LogP contribution in [0.4, 0.5) is 11.4 Å². The standard InChI is InChI=1S/C17H25N3S/c1-2-10-20(12-9-15-6-4-13-21-15)11-8-14-5-3-7-16(18)17(14)19/h3-7,13H,2,8-12,18-19H2,1H3. The van der Waals surface area contributed by atoms with Gasteiger partial charge in [0.15, 0.2) is 0 Å². The minimum atomic E-state index is 0.688. The van der Waals surface area contributed by atoms with Gasteiger partial charge in [-0.2, -0.15) is 0 Å². The van der Waals surface area contributed by atoms with Crippen molar-refractivity contribution in [2.45, 2.75) is 26.2 Å². The molecule has 0 saturated carbocycles. The Morgan fingerprint density at radius 3 is 2.52 bits per heavy atom. The first-order valence-corrected chi connectivity index (χ1v) is 8.46. The van der Waals surface area contributed by atoms with Crippen molar-refractivity contribution in [2.24, 2.45) is 0 Å². The maximum atomic E-state index is 6.05. The molecule has 0 amide bonds. The van der Waals surface area contributed by atoms with Crippen molar-refractivity contribution in [2.75, 3.05) is 31.1 Å². The molecule has 0 atom stereocenters. The summed E-state index contributed by atoms with van der Waals surface area (Å²) in [6.07, 6.45) is 3.27. The molecule has 0 spiro atoms. The van der Waals surface area contributed by atoms with Gasteiger partial charge in [0.1, 0.15) is 0 Å². The van der Waals surface area contributed by atoms with Crippen molar-refractivity contribution in [3.63, 3.8) is 0 Å². The molecule has 3 nitrogen and oxygen atoms in total. The highest BCUT2D eigenvalue weighted by atomic mass is 32.1. The largest absolute Gasteiger partial charge is 0.397 e. The van der Waals surface area contributed by atoms with Crippen molar-refractivity contribution in [1.29, 1.82) is 0 Å². The fourth-order valence-corrected chi connectivity index (χ4v) is 3.20. The molecule has 4 heteroatoms. The number of hydrogen-bond acceptors (Lipinski definition) is 4. The summed E-state index contributed by atoms with van der Waals surface area (Å²) >= 11 is 1.84. The van der Waals surface area contributed by atoms with Gasteiger partial charge in [-0.3, -0.25) is 0 Å². The molecule has 0 saturated heterocycles. The zero-order valence-corrected chi connectivity index (χ0v) is 13.5. The number of nitrogens with two attached hydrogens (primary N) is 2. The highest BCUT2D eigenvalue weighted by Gasteiger charge is 2.08. The topological polar surface area (TPSA) is 55.3 Å². The van der Waals surface area contributed by atoms with E-state index in [1.165, 1.54) is 11.3 Å². The predicted molar refractivity (Wildman–Crippen MR) is 93.7 cm³/mol. The monoisotopic (exact) mass is 303 g/mol. The van der Waals surface area contributed by atoms with Gasteiger partial charge in [0, 0.05) is 18.0 Å². The summed E-state index contributed by atoms with van der Waals surface area (Å²) in [5.41, 5.74) is 14.5. The van der Waals surface area contributed by atoms with E-state index in [1.807, 2.05) is 23.5 Å². The van der Waals surface area contributed by atoms with Crippen LogP contribution in [0, 0.1) is 0 Å². The molecule has 0 unspecified atom stereocenters. The lowest BCUT2D eigenvalue weighted by atomic mass is 10.1. The summed E-state index contributed by atoms with van der Waals surface area (Å²) < 4.78 is 0. The summed E-state index contributed by atoms with van der Waals surface area (Å²) in [4.78, 5) is 3.97. The lowest BCUT2D eigenvalue weighted by Gasteiger charge is -2.22. The number of nitrogen functional groups attached to an aromatic ring is 2. The maximum Gasteiger partial charge on any atom is 0.0580 e. The maximum absolute atomic E-state index is 6.05. The van der Waals surface area contributed by atoms with Crippen molar-refractivity contribution in [1.82, 2.24) is 4.90 Å². The van der Waals surface area contributed by atoms with Gasteiger partial charge in [-0.05, 0) is 48.9 Å². The molecule has 0 aliphatic rings. The molecule has 0 bridgehead atoms. The van der Waals surface area contributed by atoms with E-state index in [0.717, 1.165) is 43.7 Å². The van der Waals surface area contributed by atoms with Crippen molar-refractivity contribution >= 4 is 22.7 Å². The quantitative estimate of drug-likeness (QED) is 0.735. The Bertz CT molecular complexity index is 537. The second-order valence-corrected chi connectivity index (χ2v) is 6.37. The van der Waals surface area contributed by atoms with E-state index >= 15 is 0 Å². The van der Waals surface area contributed by atoms with Crippen LogP contribution in [0.15, 0.2) is 35.7 Å². The van der Waals surface area contributed by atoms with Gasteiger partial charge in [0.05, 0.1) is 11.4 Å². The third-order valence-electron chi connectivity index (χ3n) is 3.72. The van der Waals surface area contributed by atoms with Crippen LogP contribution in [0.5, 0.6) is 0 Å². The molecule has 1 heterocycles. The molecule has 114 valence electrons. The third-order valence-corrected chi connectivity index (χ3v) is 4.66. The van der Waals surface area contributed by atoms with E-state index in [1.54, 1.807) is 0 Å². The number of rotatable bonds is 8. The number of benzene rings is 1. The molecule has 0 fully saturated rings. The SMILES string of the molecule is CCCN(CCc1cccs1)CCc1cccc(N)c1N. The summed E-state index contributed by atoms with van der Waals surface area (Å²) in [6.45, 7) is 5.50. The van der Waals surface area contributed by atoms with Crippen LogP contribution in [0.25, 0.3) is 0 Å². The van der Waals surface area contributed by atoms with Crippen LogP contribution < -0.4 is 11.5 Å². The molecule has 21 heavy (non-hydrogen) atoms. The van der Waals surface area contributed by atoms with Gasteiger partial charge >= 0.3 is 0 Å². The molecule has 2 rings (SSSR count). The van der Waals surface area contributed by atoms with Gasteiger partial charge < -0.3 is 16.4 Å². The van der Waals surface area contributed by atoms with E-state index in [2.05, 4.69) is 35.4 Å². The number of thiophene rings is 1. The van der Waals surface area contributed by atoms with E-state index in [0.29, 0.717) is 5.69 Å². The van der Waals surface area contributed by atoms with Crippen LogP contribution in [0.1, 0.15) is 23.8 Å². The lowest BCUT2D eigenvalue weighted by molar-refractivity contribution is 0.282. The first kappa shape index (κ1) is 15.9. The Labute approximate surface area is 131 Å². The van der Waals surface area contributed by atoms with Crippen LogP contribution in [0.2, 0.25) is 0 Å². The van der Waals surface area contributed by atoms with Crippen LogP contribution >= 0.6 is 11.3 Å². The zero-order chi connectivity index (χ0) is 15.1. The Morgan fingerprint density at radius 1 is 1.00 bits per heavy atom. The molecule has 0 radical (unpaired) electrons. The molecule has 1 aromatic carbocycles. The molecule has 1 aromatic heterocycles. The Balaban J connectivity index is 1.88. The van der Waals surface area contributed by atoms with Crippen molar-refractivity contribution < 1.29 is 0 Å². The smallest absolute Gasteiger partial charge is 0.0580 e. The fraction of sp³-hybridized carbons (Fsp3) is 0.412. The van der Waals surface area contributed by atoms with E-state index in [-0.39, 0.29) is 0 Å². The lowest BCUT2D eigenvalue weighted by Crippen LogP contribution is -2.29. The van der Waals surface area contributed by atoms with Gasteiger partial charge in [-0.1, -0.05) is 25.1 Å². The molecule has 0 aliphatic heterocycles. The number of hydrogen-bond donors (Lipinski definition) is 2. The van der Waals surface area contributed by atoms with Gasteiger partial charge in [-0.25, -0.2) is 0 Å². The minimum Gasteiger partial charge on any atom is -0.397 e. The predicted octanol–water partition coefficient (Wildman–Crippen LogP) is 3.41. The normalized spacial score (nSPS) is 11.1. The highest BCUT2D eigenvalue weighted by Crippen LogP contribution is 2.20. The zero-order valence-electron chi connectivity index (χ0n) is 12.7. The second-order valence-electron chi connectivity index (χ2n) is 5.34. The van der Waals surface area contributed by atoms with E-state index in [9.17, 15) is 0 Å². The summed E-state index contributed by atoms with van der Waals surface area (Å²) in [7, 11) is 0. The number of para-hydroxylation sites is 1. The number of anilines is 2. The van der Waals surface area contributed by atoms with E-state index < -0.39 is 0 Å². The molecule has 0 aliphatic carbocycles. The summed E-state index contributed by atoms with van der Waals surface area (Å²) in [5, 5.41) is 2.15. The Hall–Kier alpha value is -1.52. The fourth-order valence-electron chi connectivity index (χ4n) is 2.50. The third kappa shape index (κ3) is 4.76. The van der Waals surface area contributed by atoms with Gasteiger partial charge in [0.25, 0.3) is 0 Å². The average molecular weight is 303 g/mol. The van der Waals surface area contributed by atoms with Crippen LogP contribution in [-0.4, -0.2) is 24.5 Å². The Kier molecular flexibility index (Phi) is 6.08. The van der Waals surface area contributed by atoms with E-state index in [4.69, 9.17) is 11.5 Å². The van der Waals surface area contributed by atoms with Crippen molar-refractivity contribution in [3.05, 3.63) is 46.2 Å². The minimum absolute atomic E-state index is 0.688. The highest BCUT2D eigenvalue weighted by molar-refractivity contribution is 7.09. The van der Waals surface area contributed by atoms with Gasteiger partial charge in [0.2, 0.25) is 0 Å². The van der Waals surface area contributed by atoms with Gasteiger partial charge in [-0.15, -0.1) is 11.3 Å². The van der Waals surface area contributed by atoms with Crippen molar-refractivity contribution in [3.8, 4) is 0 Å². The first-order chi connectivity index (χ1) is 10.2. The molecular weight excluding hydrogens is 278 g/mol. The Morgan fingerprint density at radius 2 is 1.81 bits per heavy atom. The van der Waals surface area contributed by atoms with Crippen LogP contribution in [0.3, 0.4) is 0 Å². The van der Waals surface area contributed by atoms with Crippen LogP contribution in [-0.2, 0) is 12.8 Å². The first-order valence-electron chi connectivity index (χ1n) is 7.58. The molecule has 2 aromatic rings. The summed E-state index contributed by atoms with van der Waals surface area (Å²) in [6, 6.07) is 10.3. The second kappa shape index (κ2) is 8.05. The number of nitrogens with zero attached hydrogens (tertiary/aromatic N) is 1. The summed E-state index contributed by atoms with van der Waals surface area (Å²) in [5.74, 6) is 0. The average Bonchev–Trinajstić information content (AvgIpc) is 2.99. The molecule has 4 N–H and O–H groups in total. The molecular formula is C17H25N3S.